The summed E-state index contributed by atoms with van der Waals surface area (Å²) in [6, 6.07) is 20.8. The molecule has 1 aliphatic carbocycles. The van der Waals surface area contributed by atoms with E-state index in [1.165, 1.54) is 11.1 Å². The third kappa shape index (κ3) is 2.44. The molecule has 1 aliphatic rings. The monoisotopic (exact) mass is 354 g/mol. The molecule has 2 aromatic rings. The molecule has 1 saturated carbocycles. The van der Waals surface area contributed by atoms with Crippen LogP contribution in [0.1, 0.15) is 0 Å². The van der Waals surface area contributed by atoms with Crippen molar-refractivity contribution >= 4 is 0 Å². The lowest BCUT2D eigenvalue weighted by molar-refractivity contribution is -0.506. The van der Waals surface area contributed by atoms with E-state index in [4.69, 9.17) is 0 Å². The molecule has 8 heteroatoms. The Morgan fingerprint density at radius 2 is 0.583 bits per heavy atom. The van der Waals surface area contributed by atoms with Crippen LogP contribution in [0.3, 0.4) is 0 Å². The lowest BCUT2D eigenvalue weighted by Crippen LogP contribution is -2.82. The Bertz CT molecular complexity index is 578. The fraction of sp³-hybridized carbons (Fsp3) is 0.250. The lowest BCUT2D eigenvalue weighted by Gasteiger charge is -2.49. The van der Waals surface area contributed by atoms with Crippen LogP contribution < -0.4 is 0 Å². The van der Waals surface area contributed by atoms with Gasteiger partial charge in [0.25, 0.3) is 0 Å². The molecule has 0 N–H and O–H groups in total. The van der Waals surface area contributed by atoms with E-state index in [9.17, 15) is 35.1 Å². The molecule has 0 bridgehead atoms. The first kappa shape index (κ1) is 18.2. The quantitative estimate of drug-likeness (QED) is 0.560. The lowest BCUT2D eigenvalue weighted by atomic mass is 9.80. The fourth-order valence-electron chi connectivity index (χ4n) is 1.99. The second-order valence-electron chi connectivity index (χ2n) is 5.03. The topological polar surface area (TPSA) is 0 Å². The Hall–Kier alpha value is -2.12. The third-order valence-corrected chi connectivity index (χ3v) is 3.46. The van der Waals surface area contributed by atoms with Crippen molar-refractivity contribution in [2.75, 3.05) is 0 Å². The molecule has 0 amide bonds. The molecule has 0 saturated heterocycles. The van der Waals surface area contributed by atoms with Crippen molar-refractivity contribution < 1.29 is 35.1 Å². The minimum atomic E-state index is -5.97. The molecule has 0 spiro atoms. The van der Waals surface area contributed by atoms with Crippen molar-refractivity contribution in [3.05, 3.63) is 60.7 Å². The van der Waals surface area contributed by atoms with Gasteiger partial charge in [-0.1, -0.05) is 60.7 Å². The maximum atomic E-state index is 11.6. The molecule has 130 valence electrons. The van der Waals surface area contributed by atoms with E-state index in [0.29, 0.717) is 0 Å². The fourth-order valence-corrected chi connectivity index (χ4v) is 1.99. The minimum absolute atomic E-state index is 1.28. The van der Waals surface area contributed by atoms with Crippen LogP contribution >= 0.6 is 0 Å². The zero-order valence-electron chi connectivity index (χ0n) is 11.8. The molecule has 1 fully saturated rings. The molecule has 0 aliphatic heterocycles. The summed E-state index contributed by atoms with van der Waals surface area (Å²) in [5.41, 5.74) is 2.55. The molecule has 0 heterocycles. The van der Waals surface area contributed by atoms with Crippen LogP contribution in [-0.4, -0.2) is 23.7 Å². The first-order chi connectivity index (χ1) is 11.0. The number of halogens is 8. The SMILES string of the molecule is FC1(F)C(F)(F)C(F)(F)C1(F)F.c1ccc(-c2ccccc2)cc1. The Labute approximate surface area is 131 Å². The molecular weight excluding hydrogens is 344 g/mol. The van der Waals surface area contributed by atoms with Gasteiger partial charge in [0.2, 0.25) is 0 Å². The number of rotatable bonds is 1. The molecule has 0 nitrogen and oxygen atoms in total. The highest BCUT2D eigenvalue weighted by molar-refractivity contribution is 5.62. The maximum absolute atomic E-state index is 11.6. The third-order valence-electron chi connectivity index (χ3n) is 3.46. The van der Waals surface area contributed by atoms with Crippen molar-refractivity contribution in [1.82, 2.24) is 0 Å². The van der Waals surface area contributed by atoms with Crippen LogP contribution in [0.15, 0.2) is 60.7 Å². The molecule has 3 rings (SSSR count). The predicted octanol–water partition coefficient (Wildman–Crippen LogP) is 5.89. The van der Waals surface area contributed by atoms with E-state index < -0.39 is 23.7 Å². The summed E-state index contributed by atoms with van der Waals surface area (Å²) >= 11 is 0. The van der Waals surface area contributed by atoms with Crippen LogP contribution in [0.2, 0.25) is 0 Å². The Morgan fingerprint density at radius 1 is 0.375 bits per heavy atom. The van der Waals surface area contributed by atoms with E-state index in [-0.39, 0.29) is 0 Å². The number of hydrogen-bond donors (Lipinski definition) is 0. The highest BCUT2D eigenvalue weighted by Crippen LogP contribution is 2.69. The first-order valence-corrected chi connectivity index (χ1v) is 6.58. The van der Waals surface area contributed by atoms with Gasteiger partial charge in [-0.25, -0.2) is 0 Å². The van der Waals surface area contributed by atoms with E-state index >= 15 is 0 Å². The summed E-state index contributed by atoms with van der Waals surface area (Å²) in [7, 11) is 0. The van der Waals surface area contributed by atoms with Crippen molar-refractivity contribution in [2.24, 2.45) is 0 Å². The van der Waals surface area contributed by atoms with Gasteiger partial charge in [-0.05, 0) is 11.1 Å². The van der Waals surface area contributed by atoms with Gasteiger partial charge in [0.1, 0.15) is 0 Å². The summed E-state index contributed by atoms with van der Waals surface area (Å²) < 4.78 is 92.9. The van der Waals surface area contributed by atoms with Gasteiger partial charge in [-0.3, -0.25) is 0 Å². The van der Waals surface area contributed by atoms with Gasteiger partial charge in [0.15, 0.2) is 0 Å². The van der Waals surface area contributed by atoms with Crippen LogP contribution in [0.25, 0.3) is 11.1 Å². The summed E-state index contributed by atoms with van der Waals surface area (Å²) in [5.74, 6) is -23.9. The second kappa shape index (κ2) is 5.75. The zero-order valence-corrected chi connectivity index (χ0v) is 11.8. The van der Waals surface area contributed by atoms with Crippen molar-refractivity contribution in [3.8, 4) is 11.1 Å². The van der Waals surface area contributed by atoms with Gasteiger partial charge in [0.05, 0.1) is 0 Å². The Morgan fingerprint density at radius 3 is 0.792 bits per heavy atom. The van der Waals surface area contributed by atoms with E-state index in [1.54, 1.807) is 0 Å². The number of benzene rings is 2. The standard InChI is InChI=1S/C12H10.C4F8/c1-3-7-11(8-4-1)12-9-5-2-6-10-12;5-1(6)2(7,8)4(11,12)3(1,9)10/h1-10H;. The summed E-state index contributed by atoms with van der Waals surface area (Å²) in [5, 5.41) is 0. The van der Waals surface area contributed by atoms with Crippen LogP contribution in [-0.2, 0) is 0 Å². The largest absolute Gasteiger partial charge is 0.385 e. The van der Waals surface area contributed by atoms with Crippen LogP contribution in [0.5, 0.6) is 0 Å². The molecule has 2 aromatic carbocycles. The molecule has 0 atom stereocenters. The van der Waals surface area contributed by atoms with Crippen molar-refractivity contribution in [1.29, 1.82) is 0 Å². The van der Waals surface area contributed by atoms with E-state index in [2.05, 4.69) is 48.5 Å². The van der Waals surface area contributed by atoms with E-state index in [1.807, 2.05) is 12.1 Å². The molecule has 0 unspecified atom stereocenters. The second-order valence-corrected chi connectivity index (χ2v) is 5.03. The smallest absolute Gasteiger partial charge is 0.192 e. The van der Waals surface area contributed by atoms with Gasteiger partial charge in [-0.2, -0.15) is 35.1 Å². The average molecular weight is 354 g/mol. The molecule has 0 aromatic heterocycles. The molecular formula is C16H10F8. The molecule has 24 heavy (non-hydrogen) atoms. The Kier molecular flexibility index (Phi) is 4.37. The van der Waals surface area contributed by atoms with E-state index in [0.717, 1.165) is 0 Å². The number of hydrogen-bond acceptors (Lipinski definition) is 0. The zero-order chi connectivity index (χ0) is 18.2. The summed E-state index contributed by atoms with van der Waals surface area (Å²) in [6.45, 7) is 0. The highest BCUT2D eigenvalue weighted by Gasteiger charge is 3.01. The normalized spacial score (nSPS) is 21.8. The minimum Gasteiger partial charge on any atom is -0.192 e. The van der Waals surface area contributed by atoms with Gasteiger partial charge in [0, 0.05) is 0 Å². The van der Waals surface area contributed by atoms with Crippen LogP contribution in [0.4, 0.5) is 35.1 Å². The van der Waals surface area contributed by atoms with Gasteiger partial charge >= 0.3 is 23.7 Å². The Balaban J connectivity index is 0.000000174. The average Bonchev–Trinajstić information content (AvgIpc) is 2.56. The highest BCUT2D eigenvalue weighted by atomic mass is 19.4. The van der Waals surface area contributed by atoms with Gasteiger partial charge in [-0.15, -0.1) is 0 Å². The van der Waals surface area contributed by atoms with Gasteiger partial charge < -0.3 is 0 Å². The number of alkyl halides is 8. The van der Waals surface area contributed by atoms with Crippen LogP contribution in [0, 0.1) is 0 Å². The molecule has 0 radical (unpaired) electrons. The summed E-state index contributed by atoms with van der Waals surface area (Å²) in [6.07, 6.45) is 0. The predicted molar refractivity (Wildman–Crippen MR) is 71.7 cm³/mol. The van der Waals surface area contributed by atoms with Crippen molar-refractivity contribution in [2.45, 2.75) is 23.7 Å². The first-order valence-electron chi connectivity index (χ1n) is 6.58. The summed E-state index contributed by atoms with van der Waals surface area (Å²) in [4.78, 5) is 0. The maximum Gasteiger partial charge on any atom is 0.385 e. The van der Waals surface area contributed by atoms with Crippen molar-refractivity contribution in [3.63, 3.8) is 0 Å².